The minimum atomic E-state index is -0.483. The molecule has 1 amide bonds. The number of anilines is 1. The monoisotopic (exact) mass is 391 g/mol. The number of amides is 1. The maximum Gasteiger partial charge on any atom is 0.251 e. The van der Waals surface area contributed by atoms with E-state index in [2.05, 4.69) is 10.3 Å². The Kier molecular flexibility index (Phi) is 5.16. The highest BCUT2D eigenvalue weighted by Gasteiger charge is 2.23. The number of benzene rings is 2. The van der Waals surface area contributed by atoms with Crippen LogP contribution in [0.1, 0.15) is 40.4 Å². The van der Waals surface area contributed by atoms with Crippen LogP contribution in [0.25, 0.3) is 11.1 Å². The third-order valence-corrected chi connectivity index (χ3v) is 5.22. The van der Waals surface area contributed by atoms with Gasteiger partial charge >= 0.3 is 0 Å². The van der Waals surface area contributed by atoms with E-state index in [1.807, 2.05) is 18.2 Å². The van der Waals surface area contributed by atoms with Crippen LogP contribution in [0.4, 0.5) is 10.1 Å². The van der Waals surface area contributed by atoms with Crippen molar-refractivity contribution >= 4 is 11.6 Å². The number of rotatable bonds is 4. The Hall–Kier alpha value is -3.41. The van der Waals surface area contributed by atoms with Crippen molar-refractivity contribution in [2.45, 2.75) is 25.3 Å². The Morgan fingerprint density at radius 1 is 1.17 bits per heavy atom. The van der Waals surface area contributed by atoms with Crippen molar-refractivity contribution in [2.75, 3.05) is 12.8 Å². The molecule has 0 saturated heterocycles. The van der Waals surface area contributed by atoms with Crippen molar-refractivity contribution in [1.82, 2.24) is 10.3 Å². The minimum Gasteiger partial charge on any atom is -0.497 e. The summed E-state index contributed by atoms with van der Waals surface area (Å²) in [6.45, 7) is 0. The van der Waals surface area contributed by atoms with E-state index in [1.165, 1.54) is 23.9 Å². The van der Waals surface area contributed by atoms with E-state index in [0.29, 0.717) is 16.8 Å². The molecule has 148 valence electrons. The Bertz CT molecular complexity index is 1070. The number of nitrogens with one attached hydrogen (secondary N) is 1. The summed E-state index contributed by atoms with van der Waals surface area (Å²) in [5.74, 6) is 0.0152. The van der Waals surface area contributed by atoms with Crippen molar-refractivity contribution in [2.24, 2.45) is 0 Å². The molecule has 0 fully saturated rings. The smallest absolute Gasteiger partial charge is 0.251 e. The molecule has 5 nitrogen and oxygen atoms in total. The van der Waals surface area contributed by atoms with E-state index in [-0.39, 0.29) is 17.5 Å². The van der Waals surface area contributed by atoms with Crippen LogP contribution in [-0.4, -0.2) is 18.0 Å². The van der Waals surface area contributed by atoms with Crippen LogP contribution >= 0.6 is 0 Å². The van der Waals surface area contributed by atoms with E-state index < -0.39 is 5.82 Å². The van der Waals surface area contributed by atoms with Gasteiger partial charge in [0, 0.05) is 23.5 Å². The zero-order valence-electron chi connectivity index (χ0n) is 16.1. The molecule has 29 heavy (non-hydrogen) atoms. The van der Waals surface area contributed by atoms with Crippen molar-refractivity contribution < 1.29 is 13.9 Å². The molecule has 1 unspecified atom stereocenters. The highest BCUT2D eigenvalue weighted by molar-refractivity contribution is 5.95. The fraction of sp³-hybridized carbons (Fsp3) is 0.217. The number of pyridine rings is 1. The van der Waals surface area contributed by atoms with Crippen LogP contribution in [0.5, 0.6) is 5.75 Å². The number of carbonyl (C=O) groups is 1. The lowest BCUT2D eigenvalue weighted by Crippen LogP contribution is -2.31. The van der Waals surface area contributed by atoms with Gasteiger partial charge in [0.2, 0.25) is 0 Å². The van der Waals surface area contributed by atoms with Gasteiger partial charge in [-0.15, -0.1) is 0 Å². The fourth-order valence-electron chi connectivity index (χ4n) is 3.81. The molecule has 0 radical (unpaired) electrons. The molecule has 1 aliphatic carbocycles. The number of aryl methyl sites for hydroxylation is 1. The predicted molar refractivity (Wildman–Crippen MR) is 110 cm³/mol. The first-order valence-corrected chi connectivity index (χ1v) is 9.52. The molecular weight excluding hydrogens is 369 g/mol. The fourth-order valence-corrected chi connectivity index (χ4v) is 3.81. The molecule has 0 spiro atoms. The third-order valence-electron chi connectivity index (χ3n) is 5.22. The minimum absolute atomic E-state index is 0.113. The van der Waals surface area contributed by atoms with Crippen LogP contribution in [0.2, 0.25) is 0 Å². The number of ether oxygens (including phenoxy) is 1. The van der Waals surface area contributed by atoms with Gasteiger partial charge in [-0.3, -0.25) is 9.78 Å². The Labute approximate surface area is 168 Å². The first-order chi connectivity index (χ1) is 14.0. The topological polar surface area (TPSA) is 77.2 Å². The number of nitrogen functional groups attached to an aromatic ring is 1. The lowest BCUT2D eigenvalue weighted by Gasteiger charge is -2.27. The maximum absolute atomic E-state index is 14.2. The molecule has 4 rings (SSSR count). The Balaban J connectivity index is 1.60. The van der Waals surface area contributed by atoms with Crippen LogP contribution in [0.15, 0.2) is 54.9 Å². The average molecular weight is 391 g/mol. The average Bonchev–Trinajstić information content (AvgIpc) is 2.73. The zero-order valence-corrected chi connectivity index (χ0v) is 16.1. The number of nitrogens with two attached hydrogens (primary N) is 1. The summed E-state index contributed by atoms with van der Waals surface area (Å²) in [4.78, 5) is 16.9. The number of aromatic nitrogens is 1. The maximum atomic E-state index is 14.2. The van der Waals surface area contributed by atoms with Crippen LogP contribution in [0.3, 0.4) is 0 Å². The van der Waals surface area contributed by atoms with Gasteiger partial charge in [0.15, 0.2) is 0 Å². The predicted octanol–water partition coefficient (Wildman–Crippen LogP) is 4.29. The van der Waals surface area contributed by atoms with Gasteiger partial charge in [0.1, 0.15) is 11.6 Å². The number of methoxy groups -OCH3 is 1. The molecule has 1 heterocycles. The number of fused-ring (bicyclic) bond motifs is 1. The van der Waals surface area contributed by atoms with Gasteiger partial charge < -0.3 is 15.8 Å². The molecule has 0 bridgehead atoms. The van der Waals surface area contributed by atoms with E-state index in [4.69, 9.17) is 10.5 Å². The highest BCUT2D eigenvalue weighted by atomic mass is 19.1. The van der Waals surface area contributed by atoms with E-state index in [0.717, 1.165) is 30.6 Å². The molecule has 1 aliphatic rings. The summed E-state index contributed by atoms with van der Waals surface area (Å²) in [6.07, 6.45) is 5.87. The molecule has 1 aromatic heterocycles. The summed E-state index contributed by atoms with van der Waals surface area (Å²) in [5.41, 5.74) is 10.0. The zero-order chi connectivity index (χ0) is 20.4. The van der Waals surface area contributed by atoms with Gasteiger partial charge in [-0.1, -0.05) is 6.07 Å². The summed E-state index contributed by atoms with van der Waals surface area (Å²) in [5, 5.41) is 3.06. The molecule has 3 aromatic rings. The van der Waals surface area contributed by atoms with E-state index in [9.17, 15) is 9.18 Å². The number of hydrogen-bond acceptors (Lipinski definition) is 4. The lowest BCUT2D eigenvalue weighted by atomic mass is 9.87. The van der Waals surface area contributed by atoms with Crippen molar-refractivity contribution in [1.29, 1.82) is 0 Å². The molecular formula is C23H22FN3O2. The van der Waals surface area contributed by atoms with E-state index in [1.54, 1.807) is 25.4 Å². The van der Waals surface area contributed by atoms with Gasteiger partial charge in [-0.25, -0.2) is 4.39 Å². The molecule has 6 heteroatoms. The molecule has 0 aliphatic heterocycles. The first kappa shape index (κ1) is 18.9. The van der Waals surface area contributed by atoms with Crippen LogP contribution in [-0.2, 0) is 6.42 Å². The Morgan fingerprint density at radius 2 is 2.03 bits per heavy atom. The third kappa shape index (κ3) is 4.06. The lowest BCUT2D eigenvalue weighted by molar-refractivity contribution is 0.0932. The number of halogens is 1. The molecule has 2 aromatic carbocycles. The largest absolute Gasteiger partial charge is 0.497 e. The number of hydrogen-bond donors (Lipinski definition) is 2. The van der Waals surface area contributed by atoms with Gasteiger partial charge in [-0.05, 0) is 72.4 Å². The molecule has 3 N–H and O–H groups in total. The van der Waals surface area contributed by atoms with Crippen LogP contribution in [0, 0.1) is 5.82 Å². The summed E-state index contributed by atoms with van der Waals surface area (Å²) in [7, 11) is 1.64. The van der Waals surface area contributed by atoms with Crippen molar-refractivity contribution in [3.63, 3.8) is 0 Å². The second kappa shape index (κ2) is 7.91. The summed E-state index contributed by atoms with van der Waals surface area (Å²) in [6, 6.07) is 11.8. The normalized spacial score (nSPS) is 15.4. The number of carbonyl (C=O) groups excluding carboxylic acids is 1. The van der Waals surface area contributed by atoms with Gasteiger partial charge in [0.25, 0.3) is 5.91 Å². The van der Waals surface area contributed by atoms with Crippen molar-refractivity contribution in [3.05, 3.63) is 77.4 Å². The second-order valence-electron chi connectivity index (χ2n) is 7.22. The van der Waals surface area contributed by atoms with E-state index >= 15 is 0 Å². The Morgan fingerprint density at radius 3 is 2.83 bits per heavy atom. The van der Waals surface area contributed by atoms with Crippen molar-refractivity contribution in [3.8, 4) is 16.9 Å². The summed E-state index contributed by atoms with van der Waals surface area (Å²) < 4.78 is 19.5. The molecule has 0 saturated carbocycles. The summed E-state index contributed by atoms with van der Waals surface area (Å²) >= 11 is 0. The standard InChI is InChI=1S/C23H22FN3O2/c1-29-20-5-6-21-14(11-20)3-2-4-22(21)27-23(28)16-7-15(8-18(24)9-16)17-10-19(25)13-26-12-17/h5-13,22H,2-4,25H2,1H3,(H,27,28). The second-order valence-corrected chi connectivity index (χ2v) is 7.22. The first-order valence-electron chi connectivity index (χ1n) is 9.52. The highest BCUT2D eigenvalue weighted by Crippen LogP contribution is 2.32. The quantitative estimate of drug-likeness (QED) is 0.696. The molecule has 1 atom stereocenters. The van der Waals surface area contributed by atoms with Gasteiger partial charge in [0.05, 0.1) is 18.8 Å². The number of nitrogens with zero attached hydrogens (tertiary/aromatic N) is 1. The van der Waals surface area contributed by atoms with Crippen LogP contribution < -0.4 is 15.8 Å². The van der Waals surface area contributed by atoms with Gasteiger partial charge in [-0.2, -0.15) is 0 Å². The SMILES string of the molecule is COc1ccc2c(c1)CCCC2NC(=O)c1cc(F)cc(-c2cncc(N)c2)c1.